The van der Waals surface area contributed by atoms with Gasteiger partial charge in [-0.05, 0) is 84.7 Å². The minimum atomic E-state index is -4.73. The van der Waals surface area contributed by atoms with Gasteiger partial charge < -0.3 is 10.6 Å². The second-order valence-electron chi connectivity index (χ2n) is 11.0. The summed E-state index contributed by atoms with van der Waals surface area (Å²) in [7, 11) is -4.47. The fourth-order valence-corrected chi connectivity index (χ4v) is 6.73. The van der Waals surface area contributed by atoms with Crippen LogP contribution in [-0.4, -0.2) is 20.4 Å². The molecular weight excluding hydrogens is 570 g/mol. The van der Waals surface area contributed by atoms with E-state index in [1.807, 2.05) is 6.07 Å². The highest BCUT2D eigenvalue weighted by atomic mass is 32.2. The molecule has 0 heterocycles. The van der Waals surface area contributed by atoms with E-state index in [1.54, 1.807) is 0 Å². The van der Waals surface area contributed by atoms with E-state index in [-0.39, 0.29) is 12.5 Å². The summed E-state index contributed by atoms with van der Waals surface area (Å²) in [5, 5.41) is 6.58. The van der Waals surface area contributed by atoms with E-state index >= 15 is 0 Å². The number of aryl methyl sites for hydroxylation is 1. The number of amides is 1. The van der Waals surface area contributed by atoms with Crippen molar-refractivity contribution in [2.45, 2.75) is 80.7 Å². The lowest BCUT2D eigenvalue weighted by Crippen LogP contribution is -2.36. The van der Waals surface area contributed by atoms with E-state index < -0.39 is 44.4 Å². The van der Waals surface area contributed by atoms with E-state index in [2.05, 4.69) is 27.5 Å². The van der Waals surface area contributed by atoms with Crippen LogP contribution in [0.1, 0.15) is 78.4 Å². The molecule has 0 aromatic heterocycles. The van der Waals surface area contributed by atoms with Crippen LogP contribution in [0.4, 0.5) is 17.6 Å². The molecule has 0 unspecified atom stereocenters. The van der Waals surface area contributed by atoms with Crippen LogP contribution in [0.25, 0.3) is 0 Å². The van der Waals surface area contributed by atoms with Gasteiger partial charge in [0.2, 0.25) is 15.9 Å². The highest BCUT2D eigenvalue weighted by Crippen LogP contribution is 2.33. The Kier molecular flexibility index (Phi) is 9.00. The van der Waals surface area contributed by atoms with E-state index in [9.17, 15) is 30.8 Å². The van der Waals surface area contributed by atoms with E-state index in [0.29, 0.717) is 17.7 Å². The SMILES string of the molecule is O=C(C[C@@H](NS(=O)(=O)c1cccc(C(F)(F)F)c1)c1ccc(F)cc1)N[C@@H]1CCCc2cc(CNC3CCC3)ccc21. The van der Waals surface area contributed by atoms with Gasteiger partial charge in [-0.1, -0.05) is 42.8 Å². The summed E-state index contributed by atoms with van der Waals surface area (Å²) < 4.78 is 82.0. The average molecular weight is 604 g/mol. The second-order valence-corrected chi connectivity index (χ2v) is 12.7. The first-order valence-electron chi connectivity index (χ1n) is 14.1. The van der Waals surface area contributed by atoms with Crippen molar-refractivity contribution in [3.63, 3.8) is 0 Å². The van der Waals surface area contributed by atoms with Crippen LogP contribution in [0.2, 0.25) is 0 Å². The lowest BCUT2D eigenvalue weighted by molar-refractivity contribution is -0.137. The van der Waals surface area contributed by atoms with Gasteiger partial charge in [0.1, 0.15) is 5.82 Å². The zero-order valence-electron chi connectivity index (χ0n) is 22.9. The van der Waals surface area contributed by atoms with Crippen LogP contribution in [-0.2, 0) is 34.0 Å². The third-order valence-corrected chi connectivity index (χ3v) is 9.46. The van der Waals surface area contributed by atoms with Gasteiger partial charge in [0.25, 0.3) is 0 Å². The summed E-state index contributed by atoms with van der Waals surface area (Å²) in [5.74, 6) is -0.992. The molecule has 1 saturated carbocycles. The number of carbonyl (C=O) groups excluding carboxylic acids is 1. The van der Waals surface area contributed by atoms with E-state index in [0.717, 1.165) is 61.7 Å². The normalized spacial score (nSPS) is 18.1. The van der Waals surface area contributed by atoms with E-state index in [4.69, 9.17) is 0 Å². The number of sulfonamides is 1. The van der Waals surface area contributed by atoms with Crippen molar-refractivity contribution < 1.29 is 30.8 Å². The monoisotopic (exact) mass is 603 g/mol. The predicted octanol–water partition coefficient (Wildman–Crippen LogP) is 6.09. The second kappa shape index (κ2) is 12.5. The van der Waals surface area contributed by atoms with Crippen molar-refractivity contribution >= 4 is 15.9 Å². The topological polar surface area (TPSA) is 87.3 Å². The number of carbonyl (C=O) groups is 1. The standard InChI is InChI=1S/C31H33F4N3O3S/c32-24-13-11-21(12-14-24)29(38-42(40,41)26-8-2-5-23(17-26)31(33,34)35)18-30(39)37-28-9-1-4-22-16-20(10-15-27(22)28)19-36-25-6-3-7-25/h2,5,8,10-17,25,28-29,36,38H,1,3-4,6-7,9,18-19H2,(H,37,39)/t28-,29-/m1/s1. The van der Waals surface area contributed by atoms with Crippen molar-refractivity contribution in [3.05, 3.63) is 100 Å². The Morgan fingerprint density at radius 3 is 2.40 bits per heavy atom. The van der Waals surface area contributed by atoms with Crippen molar-refractivity contribution in [3.8, 4) is 0 Å². The highest BCUT2D eigenvalue weighted by molar-refractivity contribution is 7.89. The Labute approximate surface area is 243 Å². The predicted molar refractivity (Wildman–Crippen MR) is 150 cm³/mol. The van der Waals surface area contributed by atoms with Crippen LogP contribution < -0.4 is 15.4 Å². The summed E-state index contributed by atoms with van der Waals surface area (Å²) in [6.07, 6.45) is 1.09. The van der Waals surface area contributed by atoms with Gasteiger partial charge in [0.05, 0.1) is 22.5 Å². The average Bonchev–Trinajstić information content (AvgIpc) is 2.92. The summed E-state index contributed by atoms with van der Waals surface area (Å²) >= 11 is 0. The zero-order chi connectivity index (χ0) is 29.9. The molecule has 11 heteroatoms. The van der Waals surface area contributed by atoms with Crippen LogP contribution in [0, 0.1) is 5.82 Å². The molecule has 5 rings (SSSR count). The molecule has 2 aliphatic rings. The Balaban J connectivity index is 1.31. The highest BCUT2D eigenvalue weighted by Gasteiger charge is 2.33. The fourth-order valence-electron chi connectivity index (χ4n) is 5.46. The number of hydrogen-bond donors (Lipinski definition) is 3. The molecule has 1 amide bonds. The molecule has 42 heavy (non-hydrogen) atoms. The van der Waals surface area contributed by atoms with Gasteiger partial charge >= 0.3 is 6.18 Å². The molecule has 1 fully saturated rings. The van der Waals surface area contributed by atoms with Crippen molar-refractivity contribution in [1.29, 1.82) is 0 Å². The minimum Gasteiger partial charge on any atom is -0.349 e. The largest absolute Gasteiger partial charge is 0.416 e. The Morgan fingerprint density at radius 2 is 1.71 bits per heavy atom. The van der Waals surface area contributed by atoms with Crippen LogP contribution in [0.5, 0.6) is 0 Å². The number of halogens is 4. The fraction of sp³-hybridized carbons (Fsp3) is 0.387. The number of alkyl halides is 3. The molecule has 2 atom stereocenters. The number of fused-ring (bicyclic) bond motifs is 1. The van der Waals surface area contributed by atoms with Gasteiger partial charge in [0.15, 0.2) is 0 Å². The van der Waals surface area contributed by atoms with Gasteiger partial charge in [-0.25, -0.2) is 17.5 Å². The van der Waals surface area contributed by atoms with E-state index in [1.165, 1.54) is 42.5 Å². The zero-order valence-corrected chi connectivity index (χ0v) is 23.7. The molecule has 0 saturated heterocycles. The Morgan fingerprint density at radius 1 is 0.952 bits per heavy atom. The summed E-state index contributed by atoms with van der Waals surface area (Å²) in [5.41, 5.74) is 2.56. The molecule has 6 nitrogen and oxygen atoms in total. The lowest BCUT2D eigenvalue weighted by atomic mass is 9.86. The van der Waals surface area contributed by atoms with Gasteiger partial charge in [0, 0.05) is 19.0 Å². The molecule has 3 aromatic rings. The molecular formula is C31H33F4N3O3S. The Hall–Kier alpha value is -3.28. The van der Waals surface area contributed by atoms with Crippen molar-refractivity contribution in [1.82, 2.24) is 15.4 Å². The number of benzene rings is 3. The summed E-state index contributed by atoms with van der Waals surface area (Å²) in [6.45, 7) is 0.792. The molecule has 0 bridgehead atoms. The molecule has 224 valence electrons. The molecule has 3 N–H and O–H groups in total. The molecule has 3 aromatic carbocycles. The first kappa shape index (κ1) is 30.2. The third-order valence-electron chi connectivity index (χ3n) is 7.99. The minimum absolute atomic E-state index is 0.260. The van der Waals surface area contributed by atoms with Crippen LogP contribution >= 0.6 is 0 Å². The molecule has 0 radical (unpaired) electrons. The third kappa shape index (κ3) is 7.37. The van der Waals surface area contributed by atoms with Gasteiger partial charge in [-0.15, -0.1) is 0 Å². The van der Waals surface area contributed by atoms with Crippen LogP contribution in [0.15, 0.2) is 71.6 Å². The maximum absolute atomic E-state index is 13.6. The molecule has 2 aliphatic carbocycles. The number of rotatable bonds is 10. The first-order valence-corrected chi connectivity index (χ1v) is 15.6. The van der Waals surface area contributed by atoms with Gasteiger partial charge in [-0.2, -0.15) is 13.2 Å². The van der Waals surface area contributed by atoms with Crippen LogP contribution in [0.3, 0.4) is 0 Å². The van der Waals surface area contributed by atoms with Crippen molar-refractivity contribution in [2.24, 2.45) is 0 Å². The Bertz CT molecular complexity index is 1520. The van der Waals surface area contributed by atoms with Gasteiger partial charge in [-0.3, -0.25) is 4.79 Å². The maximum atomic E-state index is 13.6. The molecule has 0 spiro atoms. The molecule has 0 aliphatic heterocycles. The number of nitrogens with one attached hydrogen (secondary N) is 3. The smallest absolute Gasteiger partial charge is 0.349 e. The summed E-state index contributed by atoms with van der Waals surface area (Å²) in [4.78, 5) is 12.7. The maximum Gasteiger partial charge on any atom is 0.416 e. The van der Waals surface area contributed by atoms with Crippen molar-refractivity contribution in [2.75, 3.05) is 0 Å². The number of hydrogen-bond acceptors (Lipinski definition) is 4. The first-order chi connectivity index (χ1) is 20.0. The lowest BCUT2D eigenvalue weighted by Gasteiger charge is -2.29. The quantitative estimate of drug-likeness (QED) is 0.245. The summed E-state index contributed by atoms with van der Waals surface area (Å²) in [6, 6.07) is 13.8.